The molecular formula is C35H45FN8O2. The number of benzene rings is 1. The Kier molecular flexibility index (Phi) is 8.10. The Hall–Kier alpha value is -3.28. The number of rotatable bonds is 10. The lowest BCUT2D eigenvalue weighted by Gasteiger charge is -2.55. The van der Waals surface area contributed by atoms with Crippen LogP contribution in [0.3, 0.4) is 0 Å². The minimum atomic E-state index is -0.342. The molecule has 5 aliphatic rings. The van der Waals surface area contributed by atoms with E-state index >= 15 is 0 Å². The molecule has 244 valence electrons. The number of likely N-dealkylation sites (tertiary alicyclic amines) is 2. The van der Waals surface area contributed by atoms with Gasteiger partial charge in [0.2, 0.25) is 0 Å². The van der Waals surface area contributed by atoms with Gasteiger partial charge in [0.05, 0.1) is 18.9 Å². The second-order valence-electron chi connectivity index (χ2n) is 14.8. The van der Waals surface area contributed by atoms with Gasteiger partial charge in [-0.1, -0.05) is 13.8 Å². The minimum absolute atomic E-state index is 0.251. The third-order valence-corrected chi connectivity index (χ3v) is 11.0. The number of piperidine rings is 1. The molecule has 1 unspecified atom stereocenters. The smallest absolute Gasteiger partial charge is 0.282 e. The Morgan fingerprint density at radius 1 is 1.02 bits per heavy atom. The Balaban J connectivity index is 0.945. The standard InChI is InChI=1S/C35H45FN8O2/c1-23(2)32(26-7-10-42(11-8-26)15-24-16-45-17-24)44-19-35(20-44)9-12-43(18-35)33-34(41-40-22-39-33)46-30-6-5-27(36)13-28(30)31-29(25-3-4-25)14-37-21-38-31/h5-6,13-14,21-26,32H,3-4,7-12,15-20H2,1-2H3. The summed E-state index contributed by atoms with van der Waals surface area (Å²) in [5.41, 5.74) is 2.58. The second kappa shape index (κ2) is 12.4. The average molecular weight is 629 g/mol. The summed E-state index contributed by atoms with van der Waals surface area (Å²) in [6.45, 7) is 14.4. The molecule has 8 rings (SSSR count). The third-order valence-electron chi connectivity index (χ3n) is 11.0. The SMILES string of the molecule is CC(C)C(C1CCN(CC2COC2)CC1)N1CC2(CCN(c3ncnnc3Oc3ccc(F)cc3-c3ncncc3C3CC3)C2)C1. The zero-order valence-corrected chi connectivity index (χ0v) is 27.0. The summed E-state index contributed by atoms with van der Waals surface area (Å²) < 4.78 is 26.4. The largest absolute Gasteiger partial charge is 0.434 e. The van der Waals surface area contributed by atoms with E-state index in [1.165, 1.54) is 57.3 Å². The predicted octanol–water partition coefficient (Wildman–Crippen LogP) is 5.03. The number of aromatic nitrogens is 5. The first-order valence-corrected chi connectivity index (χ1v) is 17.2. The number of anilines is 1. The maximum atomic E-state index is 14.6. The highest BCUT2D eigenvalue weighted by Gasteiger charge is 2.51. The third kappa shape index (κ3) is 5.97. The minimum Gasteiger partial charge on any atom is -0.434 e. The van der Waals surface area contributed by atoms with Crippen LogP contribution in [0, 0.1) is 29.0 Å². The van der Waals surface area contributed by atoms with Crippen molar-refractivity contribution < 1.29 is 13.9 Å². The molecule has 1 spiro atoms. The highest BCUT2D eigenvalue weighted by Crippen LogP contribution is 2.48. The molecule has 1 aliphatic carbocycles. The maximum absolute atomic E-state index is 14.6. The average Bonchev–Trinajstić information content (AvgIpc) is 3.78. The van der Waals surface area contributed by atoms with Gasteiger partial charge in [0.15, 0.2) is 5.82 Å². The Morgan fingerprint density at radius 3 is 2.59 bits per heavy atom. The second-order valence-corrected chi connectivity index (χ2v) is 14.8. The molecule has 4 aliphatic heterocycles. The Morgan fingerprint density at radius 2 is 1.85 bits per heavy atom. The van der Waals surface area contributed by atoms with Gasteiger partial charge in [-0.2, -0.15) is 0 Å². The molecule has 0 radical (unpaired) electrons. The molecule has 1 atom stereocenters. The van der Waals surface area contributed by atoms with Crippen molar-refractivity contribution in [3.8, 4) is 22.9 Å². The van der Waals surface area contributed by atoms with Crippen LogP contribution in [0.4, 0.5) is 10.2 Å². The molecule has 0 N–H and O–H groups in total. The van der Waals surface area contributed by atoms with Gasteiger partial charge in [-0.3, -0.25) is 4.90 Å². The Labute approximate surface area is 270 Å². The van der Waals surface area contributed by atoms with Gasteiger partial charge in [-0.25, -0.2) is 19.3 Å². The van der Waals surface area contributed by atoms with Gasteiger partial charge >= 0.3 is 0 Å². The molecule has 3 aromatic rings. The summed E-state index contributed by atoms with van der Waals surface area (Å²) in [4.78, 5) is 21.2. The summed E-state index contributed by atoms with van der Waals surface area (Å²) in [5, 5.41) is 8.44. The monoisotopic (exact) mass is 628 g/mol. The van der Waals surface area contributed by atoms with Gasteiger partial charge < -0.3 is 19.3 Å². The number of halogens is 1. The first-order chi connectivity index (χ1) is 22.4. The summed E-state index contributed by atoms with van der Waals surface area (Å²) >= 11 is 0. The van der Waals surface area contributed by atoms with Crippen molar-refractivity contribution in [3.63, 3.8) is 0 Å². The fourth-order valence-corrected chi connectivity index (χ4v) is 8.58. The van der Waals surface area contributed by atoms with E-state index in [2.05, 4.69) is 53.7 Å². The molecule has 0 amide bonds. The van der Waals surface area contributed by atoms with Crippen LogP contribution in [0.2, 0.25) is 0 Å². The van der Waals surface area contributed by atoms with Gasteiger partial charge in [0, 0.05) is 67.4 Å². The summed E-state index contributed by atoms with van der Waals surface area (Å²) in [7, 11) is 0. The molecule has 4 saturated heterocycles. The van der Waals surface area contributed by atoms with Crippen molar-refractivity contribution >= 4 is 5.82 Å². The first kappa shape index (κ1) is 30.1. The van der Waals surface area contributed by atoms with Crippen LogP contribution >= 0.6 is 0 Å². The van der Waals surface area contributed by atoms with Crippen LogP contribution in [0.15, 0.2) is 37.1 Å². The highest BCUT2D eigenvalue weighted by molar-refractivity contribution is 5.71. The zero-order valence-electron chi connectivity index (χ0n) is 27.0. The molecule has 1 aromatic carbocycles. The van der Waals surface area contributed by atoms with E-state index in [-0.39, 0.29) is 11.2 Å². The van der Waals surface area contributed by atoms with Crippen LogP contribution in [-0.4, -0.2) is 100 Å². The van der Waals surface area contributed by atoms with E-state index in [4.69, 9.17) is 9.47 Å². The summed E-state index contributed by atoms with van der Waals surface area (Å²) in [6, 6.07) is 5.17. The van der Waals surface area contributed by atoms with E-state index in [1.807, 2.05) is 6.20 Å². The zero-order chi connectivity index (χ0) is 31.3. The van der Waals surface area contributed by atoms with Crippen LogP contribution < -0.4 is 9.64 Å². The predicted molar refractivity (Wildman–Crippen MR) is 172 cm³/mol. The maximum Gasteiger partial charge on any atom is 0.282 e. The first-order valence-electron chi connectivity index (χ1n) is 17.2. The van der Waals surface area contributed by atoms with Crippen LogP contribution in [0.1, 0.15) is 57.4 Å². The summed E-state index contributed by atoms with van der Waals surface area (Å²) in [5.74, 6) is 3.71. The molecule has 11 heteroatoms. The topological polar surface area (TPSA) is 92.6 Å². The quantitative estimate of drug-likeness (QED) is 0.304. The number of ether oxygens (including phenoxy) is 2. The molecule has 2 aromatic heterocycles. The summed E-state index contributed by atoms with van der Waals surface area (Å²) in [6.07, 6.45) is 10.7. The van der Waals surface area contributed by atoms with Crippen molar-refractivity contribution in [3.05, 3.63) is 48.4 Å². The van der Waals surface area contributed by atoms with Crippen molar-refractivity contribution in [1.29, 1.82) is 0 Å². The fraction of sp³-hybridized carbons (Fsp3) is 0.629. The molecular weight excluding hydrogens is 583 g/mol. The van der Waals surface area contributed by atoms with Crippen molar-refractivity contribution in [1.82, 2.24) is 34.9 Å². The molecule has 6 heterocycles. The van der Waals surface area contributed by atoms with E-state index < -0.39 is 0 Å². The van der Waals surface area contributed by atoms with Gasteiger partial charge in [-0.05, 0) is 81.1 Å². The van der Waals surface area contributed by atoms with Gasteiger partial charge in [0.1, 0.15) is 24.2 Å². The van der Waals surface area contributed by atoms with Gasteiger partial charge in [0.25, 0.3) is 5.88 Å². The Bertz CT molecular complexity index is 1530. The number of nitrogens with zero attached hydrogens (tertiary/aromatic N) is 8. The highest BCUT2D eigenvalue weighted by atomic mass is 19.1. The molecule has 10 nitrogen and oxygen atoms in total. The van der Waals surface area contributed by atoms with E-state index in [1.54, 1.807) is 6.07 Å². The van der Waals surface area contributed by atoms with Crippen molar-refractivity contribution in [2.24, 2.45) is 23.2 Å². The molecule has 5 fully saturated rings. The van der Waals surface area contributed by atoms with E-state index in [9.17, 15) is 4.39 Å². The van der Waals surface area contributed by atoms with E-state index in [0.29, 0.717) is 46.6 Å². The molecule has 46 heavy (non-hydrogen) atoms. The van der Waals surface area contributed by atoms with Crippen LogP contribution in [-0.2, 0) is 4.74 Å². The fourth-order valence-electron chi connectivity index (χ4n) is 8.58. The van der Waals surface area contributed by atoms with Crippen LogP contribution in [0.25, 0.3) is 11.3 Å². The molecule has 0 bridgehead atoms. The number of hydrogen-bond donors (Lipinski definition) is 0. The lowest BCUT2D eigenvalue weighted by atomic mass is 9.73. The van der Waals surface area contributed by atoms with E-state index in [0.717, 1.165) is 76.1 Å². The number of hydrogen-bond acceptors (Lipinski definition) is 10. The normalized spacial score (nSPS) is 23.1. The molecule has 1 saturated carbocycles. The van der Waals surface area contributed by atoms with Crippen LogP contribution in [0.5, 0.6) is 11.6 Å². The van der Waals surface area contributed by atoms with Gasteiger partial charge in [-0.15, -0.1) is 10.2 Å². The lowest BCUT2D eigenvalue weighted by molar-refractivity contribution is -0.0697. The van der Waals surface area contributed by atoms with Crippen molar-refractivity contribution in [2.75, 3.05) is 63.9 Å². The van der Waals surface area contributed by atoms with Crippen molar-refractivity contribution in [2.45, 2.75) is 57.9 Å². The lowest BCUT2D eigenvalue weighted by Crippen LogP contribution is -2.64.